The summed E-state index contributed by atoms with van der Waals surface area (Å²) in [6, 6.07) is 8.91. The molecule has 2 saturated carbocycles. The monoisotopic (exact) mass is 350 g/mol. The van der Waals surface area contributed by atoms with Crippen molar-refractivity contribution < 1.29 is 14.7 Å². The molecule has 2 aliphatic carbocycles. The highest BCUT2D eigenvalue weighted by Crippen LogP contribution is 2.44. The van der Waals surface area contributed by atoms with Crippen LogP contribution in [-0.2, 0) is 4.79 Å². The highest BCUT2D eigenvalue weighted by molar-refractivity contribution is 6.07. The van der Waals surface area contributed by atoms with Crippen molar-refractivity contribution in [2.75, 3.05) is 6.54 Å². The molecule has 1 aromatic carbocycles. The normalized spacial score (nSPS) is 27.7. The number of aromatic nitrogens is 1. The van der Waals surface area contributed by atoms with E-state index < -0.39 is 12.0 Å². The predicted molar refractivity (Wildman–Crippen MR) is 97.0 cm³/mol. The largest absolute Gasteiger partial charge is 0.480 e. The van der Waals surface area contributed by atoms with Crippen LogP contribution < -0.4 is 0 Å². The molecule has 2 heterocycles. The van der Waals surface area contributed by atoms with Crippen LogP contribution in [-0.4, -0.2) is 39.5 Å². The van der Waals surface area contributed by atoms with E-state index in [1.807, 2.05) is 30.3 Å². The average molecular weight is 350 g/mol. The number of hydrogen-bond acceptors (Lipinski definition) is 3. The van der Waals surface area contributed by atoms with Gasteiger partial charge in [-0.1, -0.05) is 24.6 Å². The van der Waals surface area contributed by atoms with Crippen molar-refractivity contribution in [3.8, 4) is 0 Å². The first kappa shape index (κ1) is 15.8. The molecule has 1 aromatic heterocycles. The zero-order chi connectivity index (χ0) is 17.8. The molecule has 134 valence electrons. The van der Waals surface area contributed by atoms with Gasteiger partial charge in [-0.3, -0.25) is 9.78 Å². The van der Waals surface area contributed by atoms with Gasteiger partial charge < -0.3 is 10.0 Å². The van der Waals surface area contributed by atoms with Gasteiger partial charge in [-0.05, 0) is 49.7 Å². The number of fused-ring (bicyclic) bond motifs is 2. The van der Waals surface area contributed by atoms with Crippen LogP contribution >= 0.6 is 0 Å². The number of carboxylic acid groups (broad SMARTS) is 1. The zero-order valence-electron chi connectivity index (χ0n) is 14.6. The average Bonchev–Trinajstić information content (AvgIpc) is 3.28. The van der Waals surface area contributed by atoms with Gasteiger partial charge in [-0.2, -0.15) is 0 Å². The maximum atomic E-state index is 13.4. The highest BCUT2D eigenvalue weighted by Gasteiger charge is 2.49. The number of rotatable bonds is 3. The summed E-state index contributed by atoms with van der Waals surface area (Å²) >= 11 is 0. The molecule has 0 radical (unpaired) electrons. The molecule has 1 amide bonds. The molecule has 1 aliphatic heterocycles. The summed E-state index contributed by atoms with van der Waals surface area (Å²) in [6.07, 6.45) is 5.25. The molecule has 5 nitrogen and oxygen atoms in total. The number of pyridine rings is 1. The van der Waals surface area contributed by atoms with Crippen molar-refractivity contribution in [2.45, 2.75) is 44.1 Å². The molecule has 26 heavy (non-hydrogen) atoms. The SMILES string of the molecule is O=C(O)C1C2CCCC2CN1C(=O)c1cc(C2CC2)nc2ccccc12. The van der Waals surface area contributed by atoms with Crippen molar-refractivity contribution in [2.24, 2.45) is 11.8 Å². The fourth-order valence-electron chi connectivity index (χ4n) is 4.95. The molecule has 5 rings (SSSR count). The van der Waals surface area contributed by atoms with Crippen molar-refractivity contribution in [3.05, 3.63) is 41.6 Å². The van der Waals surface area contributed by atoms with E-state index in [2.05, 4.69) is 0 Å². The molecular weight excluding hydrogens is 328 g/mol. The van der Waals surface area contributed by atoms with Gasteiger partial charge in [0, 0.05) is 23.5 Å². The van der Waals surface area contributed by atoms with Gasteiger partial charge in [0.25, 0.3) is 5.91 Å². The van der Waals surface area contributed by atoms with Gasteiger partial charge >= 0.3 is 5.97 Å². The summed E-state index contributed by atoms with van der Waals surface area (Å²) in [7, 11) is 0. The van der Waals surface area contributed by atoms with E-state index in [0.29, 0.717) is 23.9 Å². The van der Waals surface area contributed by atoms with E-state index in [1.54, 1.807) is 4.90 Å². The lowest BCUT2D eigenvalue weighted by Gasteiger charge is -2.25. The Morgan fingerprint density at radius 2 is 1.92 bits per heavy atom. The number of nitrogens with zero attached hydrogens (tertiary/aromatic N) is 2. The Bertz CT molecular complexity index is 905. The minimum atomic E-state index is -0.867. The lowest BCUT2D eigenvalue weighted by atomic mass is 9.94. The standard InChI is InChI=1S/C21H22N2O3/c24-20(23-11-13-4-3-6-14(13)19(23)21(25)26)16-10-18(12-8-9-12)22-17-7-2-1-5-15(16)17/h1-2,5,7,10,12-14,19H,3-4,6,8-9,11H2,(H,25,26). The summed E-state index contributed by atoms with van der Waals surface area (Å²) in [5.41, 5.74) is 2.41. The van der Waals surface area contributed by atoms with Crippen LogP contribution in [0.15, 0.2) is 30.3 Å². The van der Waals surface area contributed by atoms with Crippen molar-refractivity contribution in [1.29, 1.82) is 0 Å². The van der Waals surface area contributed by atoms with Gasteiger partial charge in [0.1, 0.15) is 6.04 Å². The quantitative estimate of drug-likeness (QED) is 0.920. The van der Waals surface area contributed by atoms with Crippen LogP contribution in [0.2, 0.25) is 0 Å². The van der Waals surface area contributed by atoms with Crippen molar-refractivity contribution >= 4 is 22.8 Å². The molecule has 3 unspecified atom stereocenters. The zero-order valence-corrected chi connectivity index (χ0v) is 14.6. The second-order valence-corrected chi connectivity index (χ2v) is 7.98. The first-order chi connectivity index (χ1) is 12.6. The summed E-state index contributed by atoms with van der Waals surface area (Å²) < 4.78 is 0. The van der Waals surface area contributed by atoms with Crippen LogP contribution in [0.3, 0.4) is 0 Å². The number of carbonyl (C=O) groups excluding carboxylic acids is 1. The summed E-state index contributed by atoms with van der Waals surface area (Å²) in [4.78, 5) is 31.7. The second-order valence-electron chi connectivity index (χ2n) is 7.98. The van der Waals surface area contributed by atoms with E-state index in [-0.39, 0.29) is 11.8 Å². The van der Waals surface area contributed by atoms with E-state index >= 15 is 0 Å². The number of likely N-dealkylation sites (tertiary alicyclic amines) is 1. The molecule has 0 bridgehead atoms. The number of amides is 1. The van der Waals surface area contributed by atoms with Crippen LogP contribution in [0, 0.1) is 11.8 Å². The van der Waals surface area contributed by atoms with Crippen molar-refractivity contribution in [3.63, 3.8) is 0 Å². The summed E-state index contributed by atoms with van der Waals surface area (Å²) in [6.45, 7) is 0.565. The Labute approximate surface area is 152 Å². The number of carboxylic acids is 1. The highest BCUT2D eigenvalue weighted by atomic mass is 16.4. The number of aliphatic carboxylic acids is 1. The van der Waals surface area contributed by atoms with Gasteiger partial charge in [-0.25, -0.2) is 4.79 Å². The predicted octanol–water partition coefficient (Wildman–Crippen LogP) is 3.44. The van der Waals surface area contributed by atoms with E-state index in [9.17, 15) is 14.7 Å². The Morgan fingerprint density at radius 1 is 1.12 bits per heavy atom. The molecule has 3 fully saturated rings. The Balaban J connectivity index is 1.58. The topological polar surface area (TPSA) is 70.5 Å². The third-order valence-electron chi connectivity index (χ3n) is 6.37. The fourth-order valence-corrected chi connectivity index (χ4v) is 4.95. The molecule has 3 aliphatic rings. The molecule has 0 spiro atoms. The van der Waals surface area contributed by atoms with E-state index in [4.69, 9.17) is 4.98 Å². The summed E-state index contributed by atoms with van der Waals surface area (Å²) in [5.74, 6) is -0.135. The molecular formula is C21H22N2O3. The molecule has 1 saturated heterocycles. The fraction of sp³-hybridized carbons (Fsp3) is 0.476. The lowest BCUT2D eigenvalue weighted by molar-refractivity contribution is -0.142. The van der Waals surface area contributed by atoms with Crippen LogP contribution in [0.1, 0.15) is 54.1 Å². The molecule has 3 atom stereocenters. The molecule has 1 N–H and O–H groups in total. The first-order valence-electron chi connectivity index (χ1n) is 9.57. The second kappa shape index (κ2) is 5.79. The number of para-hydroxylation sites is 1. The van der Waals surface area contributed by atoms with Gasteiger partial charge in [0.05, 0.1) is 11.1 Å². The van der Waals surface area contributed by atoms with Crippen LogP contribution in [0.4, 0.5) is 0 Å². The van der Waals surface area contributed by atoms with Crippen LogP contribution in [0.5, 0.6) is 0 Å². The molecule has 2 aromatic rings. The number of carbonyl (C=O) groups is 2. The van der Waals surface area contributed by atoms with E-state index in [0.717, 1.165) is 48.7 Å². The maximum Gasteiger partial charge on any atom is 0.326 e. The Morgan fingerprint density at radius 3 is 2.69 bits per heavy atom. The Kier molecular flexibility index (Phi) is 3.52. The number of hydrogen-bond donors (Lipinski definition) is 1. The number of benzene rings is 1. The third kappa shape index (κ3) is 2.41. The first-order valence-corrected chi connectivity index (χ1v) is 9.57. The van der Waals surface area contributed by atoms with Crippen molar-refractivity contribution in [1.82, 2.24) is 9.88 Å². The Hall–Kier alpha value is -2.43. The third-order valence-corrected chi connectivity index (χ3v) is 6.37. The van der Waals surface area contributed by atoms with Gasteiger partial charge in [0.2, 0.25) is 0 Å². The maximum absolute atomic E-state index is 13.4. The van der Waals surface area contributed by atoms with Gasteiger partial charge in [0.15, 0.2) is 0 Å². The minimum absolute atomic E-state index is 0.104. The lowest BCUT2D eigenvalue weighted by Crippen LogP contribution is -2.43. The minimum Gasteiger partial charge on any atom is -0.480 e. The smallest absolute Gasteiger partial charge is 0.326 e. The van der Waals surface area contributed by atoms with Crippen LogP contribution in [0.25, 0.3) is 10.9 Å². The summed E-state index contributed by atoms with van der Waals surface area (Å²) in [5, 5.41) is 10.6. The molecule has 5 heteroatoms. The van der Waals surface area contributed by atoms with E-state index in [1.165, 1.54) is 0 Å². The van der Waals surface area contributed by atoms with Gasteiger partial charge in [-0.15, -0.1) is 0 Å².